The lowest BCUT2D eigenvalue weighted by molar-refractivity contribution is 0.398. The van der Waals surface area contributed by atoms with Gasteiger partial charge < -0.3 is 28.7 Å². The maximum absolute atomic E-state index is 5.59. The number of hydrogen-bond donors (Lipinski definition) is 0. The van der Waals surface area contributed by atoms with Crippen molar-refractivity contribution >= 4 is 103 Å². The number of ether oxygens (including phenoxy) is 4. The predicted octanol–water partition coefficient (Wildman–Crippen LogP) is 27.4. The summed E-state index contributed by atoms with van der Waals surface area (Å²) in [4.78, 5) is 10.4. The zero-order valence-corrected chi connectivity index (χ0v) is 61.2. The van der Waals surface area contributed by atoms with Crippen molar-refractivity contribution in [3.05, 3.63) is 192 Å². The van der Waals surface area contributed by atoms with Crippen LogP contribution in [0.3, 0.4) is 0 Å². The Kier molecular flexibility index (Phi) is 27.5. The molecule has 0 aliphatic heterocycles. The van der Waals surface area contributed by atoms with E-state index in [0.29, 0.717) is 0 Å². The van der Waals surface area contributed by atoms with Crippen molar-refractivity contribution in [1.82, 2.24) is 0 Å². The molecular weight excluding hydrogens is 1280 g/mol. The van der Waals surface area contributed by atoms with Crippen molar-refractivity contribution in [1.29, 1.82) is 0 Å². The molecule has 0 saturated heterocycles. The Bertz CT molecular complexity index is 3370. The fourth-order valence-electron chi connectivity index (χ4n) is 14.3. The fourth-order valence-corrected chi connectivity index (χ4v) is 16.9. The van der Waals surface area contributed by atoms with E-state index in [9.17, 15) is 0 Å². The van der Waals surface area contributed by atoms with Crippen molar-refractivity contribution < 1.29 is 18.9 Å². The van der Waals surface area contributed by atoms with Crippen LogP contribution in [-0.2, 0) is 10.8 Å². The summed E-state index contributed by atoms with van der Waals surface area (Å²) in [5.74, 6) is 3.36. The Morgan fingerprint density at radius 1 is 0.309 bits per heavy atom. The second-order valence-electron chi connectivity index (χ2n) is 24.8. The van der Waals surface area contributed by atoms with Gasteiger partial charge in [0.05, 0.1) is 39.1 Å². The smallest absolute Gasteiger partial charge is 0.119 e. The molecule has 0 fully saturated rings. The van der Waals surface area contributed by atoms with Crippen LogP contribution in [0, 0.1) is 0 Å². The third-order valence-corrected chi connectivity index (χ3v) is 21.6. The second-order valence-corrected chi connectivity index (χ2v) is 28.5. The van der Waals surface area contributed by atoms with E-state index in [4.69, 9.17) is 65.4 Å². The SMILES string of the molecule is CCCCCCC1(CCCCCC)c2cc3c(cc2-c2sc(-c4ccc(N(c5ccc(OC)cc5)c5ccc(OC)cc5)cc4)cc21)C(CCCCCC)(CCCCCC)c1cc(-c2ccc(N(c4ccc(OC)cc4)c4ccc(OC)cc4)cc2)sc1-3.ClCCl.ClCCl. The lowest BCUT2D eigenvalue weighted by Gasteiger charge is -2.34. The van der Waals surface area contributed by atoms with Gasteiger partial charge in [0.2, 0.25) is 0 Å². The van der Waals surface area contributed by atoms with Crippen LogP contribution in [0.25, 0.3) is 41.8 Å². The first kappa shape index (κ1) is 72.2. The maximum atomic E-state index is 5.59. The molecule has 11 rings (SSSR count). The minimum Gasteiger partial charge on any atom is -0.497 e. The number of unbranched alkanes of at least 4 members (excludes halogenated alkanes) is 12. The van der Waals surface area contributed by atoms with Crippen LogP contribution in [0.15, 0.2) is 170 Å². The average molecular weight is 1380 g/mol. The molecule has 12 heteroatoms. The molecule has 0 spiro atoms. The minimum atomic E-state index is -0.0569. The molecule has 9 aromatic rings. The first-order valence-corrected chi connectivity index (χ1v) is 37.9. The van der Waals surface area contributed by atoms with E-state index in [1.54, 1.807) is 50.7 Å². The molecule has 0 saturated carbocycles. The van der Waals surface area contributed by atoms with Gasteiger partial charge in [0.1, 0.15) is 23.0 Å². The van der Waals surface area contributed by atoms with Crippen LogP contribution in [0.4, 0.5) is 34.1 Å². The number of alkyl halides is 4. The number of hydrogen-bond acceptors (Lipinski definition) is 8. The molecule has 6 nitrogen and oxygen atoms in total. The number of anilines is 6. The maximum Gasteiger partial charge on any atom is 0.119 e. The van der Waals surface area contributed by atoms with Crippen LogP contribution in [0.1, 0.15) is 178 Å². The van der Waals surface area contributed by atoms with Crippen LogP contribution >= 0.6 is 69.1 Å². The highest BCUT2D eigenvalue weighted by atomic mass is 35.5. The molecule has 94 heavy (non-hydrogen) atoms. The summed E-state index contributed by atoms with van der Waals surface area (Å²) in [5.41, 5.74) is 18.3. The molecule has 0 unspecified atom stereocenters. The van der Waals surface area contributed by atoms with Gasteiger partial charge in [0, 0.05) is 64.5 Å². The standard InChI is InChI=1S/C80H92N2O4S2.2CH2Cl2/c1-9-13-17-21-49-79(50-22-18-14-10-2)71-53-70-72(54-69(71)77-73(79)55-75(87-77)57-25-29-59(30-26-57)81(61-33-41-65(83-5)42-34-61)62-35-43-66(84-6)44-36-62)80(51-23-19-15-11-3,52-24-20-16-12-4)74-56-76(88-78(70)74)58-27-31-60(32-28-58)82(63-37-45-67(85-7)46-38-63)64-39-47-68(86-8)48-40-64;2*2-1-3/h25-48,53-56H,9-24,49-52H2,1-8H3;2*1H2. The van der Waals surface area contributed by atoms with Crippen molar-refractivity contribution in [2.75, 3.05) is 48.9 Å². The number of nitrogens with zero attached hydrogens (tertiary/aromatic N) is 2. The van der Waals surface area contributed by atoms with Crippen LogP contribution in [0.2, 0.25) is 0 Å². The van der Waals surface area contributed by atoms with Crippen LogP contribution < -0.4 is 28.7 Å². The lowest BCUT2D eigenvalue weighted by atomic mass is 9.68. The second kappa shape index (κ2) is 35.8. The summed E-state index contributed by atoms with van der Waals surface area (Å²) in [6.07, 6.45) is 24.8. The van der Waals surface area contributed by atoms with Gasteiger partial charge in [0.25, 0.3) is 0 Å². The Morgan fingerprint density at radius 2 is 0.543 bits per heavy atom. The molecule has 2 aliphatic carbocycles. The number of rotatable bonds is 32. The zero-order chi connectivity index (χ0) is 66.5. The summed E-state index contributed by atoms with van der Waals surface area (Å²) in [6.45, 7) is 9.42. The molecule has 0 amide bonds. The Hall–Kier alpha value is -6.10. The normalized spacial score (nSPS) is 12.7. The van der Waals surface area contributed by atoms with Gasteiger partial charge in [-0.25, -0.2) is 0 Å². The van der Waals surface area contributed by atoms with E-state index in [1.807, 2.05) is 48.5 Å². The van der Waals surface area contributed by atoms with Gasteiger partial charge in [-0.1, -0.05) is 155 Å². The number of methoxy groups -OCH3 is 4. The van der Waals surface area contributed by atoms with Crippen molar-refractivity contribution in [2.24, 2.45) is 0 Å². The highest BCUT2D eigenvalue weighted by Crippen LogP contribution is 2.65. The summed E-state index contributed by atoms with van der Waals surface area (Å²) in [6, 6.07) is 63.1. The number of halogens is 4. The summed E-state index contributed by atoms with van der Waals surface area (Å²) < 4.78 is 22.4. The van der Waals surface area contributed by atoms with Crippen molar-refractivity contribution in [3.8, 4) is 64.8 Å². The van der Waals surface area contributed by atoms with Gasteiger partial charge in [-0.3, -0.25) is 0 Å². The number of fused-ring (bicyclic) bond motifs is 6. The zero-order valence-electron chi connectivity index (χ0n) is 56.6. The molecule has 7 aromatic carbocycles. The van der Waals surface area contributed by atoms with Gasteiger partial charge in [-0.2, -0.15) is 0 Å². The van der Waals surface area contributed by atoms with E-state index in [1.165, 1.54) is 170 Å². The van der Waals surface area contributed by atoms with Crippen molar-refractivity contribution in [2.45, 2.75) is 167 Å². The van der Waals surface area contributed by atoms with E-state index in [2.05, 4.69) is 181 Å². The highest BCUT2D eigenvalue weighted by molar-refractivity contribution is 7.19. The fraction of sp³-hybridized carbons (Fsp3) is 0.390. The van der Waals surface area contributed by atoms with Crippen LogP contribution in [-0.4, -0.2) is 39.1 Å². The average Bonchev–Trinajstić information content (AvgIpc) is 1.52. The number of benzene rings is 7. The first-order chi connectivity index (χ1) is 46.1. The predicted molar refractivity (Wildman–Crippen MR) is 409 cm³/mol. The quantitative estimate of drug-likeness (QED) is 0.0309. The summed E-state index contributed by atoms with van der Waals surface area (Å²) in [5, 5.41) is 0.389. The molecule has 2 heterocycles. The van der Waals surface area contributed by atoms with Gasteiger partial charge >= 0.3 is 0 Å². The van der Waals surface area contributed by atoms with E-state index < -0.39 is 0 Å². The van der Waals surface area contributed by atoms with Gasteiger partial charge in [-0.15, -0.1) is 69.1 Å². The third kappa shape index (κ3) is 16.5. The van der Waals surface area contributed by atoms with Crippen molar-refractivity contribution in [3.63, 3.8) is 0 Å². The largest absolute Gasteiger partial charge is 0.497 e. The molecule has 0 bridgehead atoms. The Morgan fingerprint density at radius 3 is 0.766 bits per heavy atom. The topological polar surface area (TPSA) is 43.4 Å². The van der Waals surface area contributed by atoms with E-state index >= 15 is 0 Å². The monoisotopic (exact) mass is 1380 g/mol. The molecule has 0 radical (unpaired) electrons. The Balaban J connectivity index is 0.00000167. The number of thiophene rings is 2. The van der Waals surface area contributed by atoms with E-state index in [-0.39, 0.29) is 21.5 Å². The minimum absolute atomic E-state index is 0.0569. The third-order valence-electron chi connectivity index (χ3n) is 19.1. The van der Waals surface area contributed by atoms with Gasteiger partial charge in [0.15, 0.2) is 0 Å². The van der Waals surface area contributed by atoms with Gasteiger partial charge in [-0.05, 0) is 216 Å². The lowest BCUT2D eigenvalue weighted by Crippen LogP contribution is -2.27. The highest BCUT2D eigenvalue weighted by Gasteiger charge is 2.49. The molecule has 0 N–H and O–H groups in total. The molecular formula is C82H96Cl4N2O4S2. The molecule has 498 valence electrons. The summed E-state index contributed by atoms with van der Waals surface area (Å²) in [7, 11) is 6.90. The molecule has 0 atom stereocenters. The Labute approximate surface area is 590 Å². The first-order valence-electron chi connectivity index (χ1n) is 34.2. The molecule has 2 aromatic heterocycles. The molecule has 2 aliphatic rings. The summed E-state index contributed by atoms with van der Waals surface area (Å²) >= 11 is 23.2. The van der Waals surface area contributed by atoms with E-state index in [0.717, 1.165) is 57.1 Å². The van der Waals surface area contributed by atoms with Crippen LogP contribution in [0.5, 0.6) is 23.0 Å².